The number of anilines is 1. The second-order valence-electron chi connectivity index (χ2n) is 4.66. The molecule has 3 N–H and O–H groups in total. The predicted molar refractivity (Wildman–Crippen MR) is 90.6 cm³/mol. The van der Waals surface area contributed by atoms with Crippen molar-refractivity contribution in [1.82, 2.24) is 0 Å². The second kappa shape index (κ2) is 6.85. The number of benzene rings is 2. The van der Waals surface area contributed by atoms with Crippen LogP contribution in [0.3, 0.4) is 0 Å². The predicted octanol–water partition coefficient (Wildman–Crippen LogP) is 3.24. The van der Waals surface area contributed by atoms with Crippen LogP contribution in [0.4, 0.5) is 5.69 Å². The highest BCUT2D eigenvalue weighted by molar-refractivity contribution is 14.1. The van der Waals surface area contributed by atoms with Crippen LogP contribution in [0.25, 0.3) is 0 Å². The Labute approximate surface area is 132 Å². The van der Waals surface area contributed by atoms with Gasteiger partial charge in [0.2, 0.25) is 5.91 Å². The number of hydrogen-bond donors (Lipinski definition) is 2. The topological polar surface area (TPSA) is 55.1 Å². The van der Waals surface area contributed by atoms with E-state index in [1.165, 1.54) is 5.56 Å². The van der Waals surface area contributed by atoms with Gasteiger partial charge in [0.25, 0.3) is 0 Å². The lowest BCUT2D eigenvalue weighted by molar-refractivity contribution is -0.115. The Kier molecular flexibility index (Phi) is 5.14. The molecule has 3 nitrogen and oxygen atoms in total. The van der Waals surface area contributed by atoms with Crippen molar-refractivity contribution in [2.75, 3.05) is 5.32 Å². The summed E-state index contributed by atoms with van der Waals surface area (Å²) in [5, 5.41) is 2.93. The molecule has 0 aliphatic carbocycles. The molecule has 0 aliphatic heterocycles. The average Bonchev–Trinajstić information content (AvgIpc) is 2.43. The smallest absolute Gasteiger partial charge is 0.228 e. The first-order valence-electron chi connectivity index (χ1n) is 6.43. The molecule has 2 aromatic rings. The van der Waals surface area contributed by atoms with E-state index in [0.29, 0.717) is 13.0 Å². The zero-order valence-corrected chi connectivity index (χ0v) is 13.5. The van der Waals surface area contributed by atoms with E-state index in [1.54, 1.807) is 0 Å². The van der Waals surface area contributed by atoms with E-state index in [0.717, 1.165) is 20.4 Å². The summed E-state index contributed by atoms with van der Waals surface area (Å²) in [5.74, 6) is -0.0226. The first-order chi connectivity index (χ1) is 9.60. The monoisotopic (exact) mass is 380 g/mol. The molecular weight excluding hydrogens is 363 g/mol. The summed E-state index contributed by atoms with van der Waals surface area (Å²) < 4.78 is 1.14. The fourth-order valence-corrected chi connectivity index (χ4v) is 2.49. The van der Waals surface area contributed by atoms with Crippen molar-refractivity contribution in [3.05, 3.63) is 62.7 Å². The second-order valence-corrected chi connectivity index (χ2v) is 5.82. The highest BCUT2D eigenvalue weighted by Gasteiger charge is 2.08. The molecule has 0 heterocycles. The summed E-state index contributed by atoms with van der Waals surface area (Å²) in [6.07, 6.45) is 0.345. The summed E-state index contributed by atoms with van der Waals surface area (Å²) in [6.45, 7) is 2.50. The number of nitrogens with two attached hydrogens (primary N) is 1. The first kappa shape index (κ1) is 15.0. The quantitative estimate of drug-likeness (QED) is 0.801. The summed E-state index contributed by atoms with van der Waals surface area (Å²) >= 11 is 2.26. The lowest BCUT2D eigenvalue weighted by Gasteiger charge is -2.09. The minimum absolute atomic E-state index is 0.0226. The van der Waals surface area contributed by atoms with E-state index in [2.05, 4.69) is 27.9 Å². The maximum Gasteiger partial charge on any atom is 0.228 e. The Balaban J connectivity index is 2.07. The SMILES string of the molecule is Cc1ccc(NC(=O)Cc2ccccc2CN)cc1I. The Bertz CT molecular complexity index is 626. The maximum atomic E-state index is 12.1. The molecule has 0 saturated carbocycles. The first-order valence-corrected chi connectivity index (χ1v) is 7.51. The number of aryl methyl sites for hydroxylation is 1. The number of rotatable bonds is 4. The van der Waals surface area contributed by atoms with E-state index >= 15 is 0 Å². The zero-order valence-electron chi connectivity index (χ0n) is 11.3. The molecular formula is C16H17IN2O. The Morgan fingerprint density at radius 3 is 2.55 bits per heavy atom. The van der Waals surface area contributed by atoms with Crippen molar-refractivity contribution in [1.29, 1.82) is 0 Å². The molecule has 0 bridgehead atoms. The molecule has 0 saturated heterocycles. The van der Waals surface area contributed by atoms with Crippen LogP contribution < -0.4 is 11.1 Å². The third kappa shape index (κ3) is 3.80. The van der Waals surface area contributed by atoms with Crippen LogP contribution >= 0.6 is 22.6 Å². The average molecular weight is 380 g/mol. The summed E-state index contributed by atoms with van der Waals surface area (Å²) in [6, 6.07) is 13.7. The molecule has 0 atom stereocenters. The van der Waals surface area contributed by atoms with Crippen LogP contribution in [0.15, 0.2) is 42.5 Å². The minimum Gasteiger partial charge on any atom is -0.326 e. The molecule has 0 spiro atoms. The number of amides is 1. The number of carbonyl (C=O) groups is 1. The normalized spacial score (nSPS) is 10.3. The van der Waals surface area contributed by atoms with E-state index in [-0.39, 0.29) is 5.91 Å². The van der Waals surface area contributed by atoms with Gasteiger partial charge in [-0.15, -0.1) is 0 Å². The molecule has 1 amide bonds. The highest BCUT2D eigenvalue weighted by Crippen LogP contribution is 2.17. The molecule has 2 aromatic carbocycles. The van der Waals surface area contributed by atoms with Gasteiger partial charge in [-0.1, -0.05) is 30.3 Å². The van der Waals surface area contributed by atoms with Crippen LogP contribution in [0, 0.1) is 10.5 Å². The van der Waals surface area contributed by atoms with Crippen molar-refractivity contribution >= 4 is 34.2 Å². The van der Waals surface area contributed by atoms with E-state index in [9.17, 15) is 4.79 Å². The number of halogens is 1. The Morgan fingerprint density at radius 1 is 1.20 bits per heavy atom. The fraction of sp³-hybridized carbons (Fsp3) is 0.188. The Hall–Kier alpha value is -1.40. The van der Waals surface area contributed by atoms with Gasteiger partial charge in [0.05, 0.1) is 6.42 Å². The fourth-order valence-electron chi connectivity index (χ4n) is 1.98. The summed E-state index contributed by atoms with van der Waals surface area (Å²) in [5.41, 5.74) is 9.71. The van der Waals surface area contributed by atoms with Crippen LogP contribution in [-0.4, -0.2) is 5.91 Å². The standard InChI is InChI=1S/C16H17IN2O/c1-11-6-7-14(9-15(11)17)19-16(20)8-12-4-2-3-5-13(12)10-18/h2-7,9H,8,10,18H2,1H3,(H,19,20). The van der Waals surface area contributed by atoms with Crippen molar-refractivity contribution in [2.24, 2.45) is 5.73 Å². The van der Waals surface area contributed by atoms with E-state index in [4.69, 9.17) is 5.73 Å². The van der Waals surface area contributed by atoms with Crippen LogP contribution in [-0.2, 0) is 17.8 Å². The molecule has 20 heavy (non-hydrogen) atoms. The molecule has 0 radical (unpaired) electrons. The van der Waals surface area contributed by atoms with E-state index in [1.807, 2.05) is 49.4 Å². The molecule has 2 rings (SSSR count). The summed E-state index contributed by atoms with van der Waals surface area (Å²) in [7, 11) is 0. The van der Waals surface area contributed by atoms with Crippen molar-refractivity contribution in [3.63, 3.8) is 0 Å². The van der Waals surface area contributed by atoms with Gasteiger partial charge in [-0.05, 0) is 58.3 Å². The third-order valence-electron chi connectivity index (χ3n) is 3.14. The largest absolute Gasteiger partial charge is 0.326 e. The molecule has 0 aliphatic rings. The summed E-state index contributed by atoms with van der Waals surface area (Å²) in [4.78, 5) is 12.1. The lowest BCUT2D eigenvalue weighted by Crippen LogP contribution is -2.16. The lowest BCUT2D eigenvalue weighted by atomic mass is 10.0. The molecule has 0 fully saturated rings. The van der Waals surface area contributed by atoms with Gasteiger partial charge in [0.1, 0.15) is 0 Å². The molecule has 4 heteroatoms. The molecule has 0 aromatic heterocycles. The number of nitrogens with one attached hydrogen (secondary N) is 1. The van der Waals surface area contributed by atoms with E-state index < -0.39 is 0 Å². The molecule has 104 valence electrons. The molecule has 0 unspecified atom stereocenters. The van der Waals surface area contributed by atoms with Crippen molar-refractivity contribution < 1.29 is 4.79 Å². The van der Waals surface area contributed by atoms with Gasteiger partial charge in [-0.25, -0.2) is 0 Å². The van der Waals surface area contributed by atoms with Gasteiger partial charge < -0.3 is 11.1 Å². The van der Waals surface area contributed by atoms with Gasteiger partial charge in [-0.2, -0.15) is 0 Å². The highest BCUT2D eigenvalue weighted by atomic mass is 127. The van der Waals surface area contributed by atoms with Crippen molar-refractivity contribution in [2.45, 2.75) is 19.9 Å². The van der Waals surface area contributed by atoms with Gasteiger partial charge >= 0.3 is 0 Å². The van der Waals surface area contributed by atoms with Crippen LogP contribution in [0.1, 0.15) is 16.7 Å². The number of carbonyl (C=O) groups excluding carboxylic acids is 1. The minimum atomic E-state index is -0.0226. The third-order valence-corrected chi connectivity index (χ3v) is 4.31. The van der Waals surface area contributed by atoms with Crippen molar-refractivity contribution in [3.8, 4) is 0 Å². The van der Waals surface area contributed by atoms with Crippen LogP contribution in [0.5, 0.6) is 0 Å². The van der Waals surface area contributed by atoms with Crippen LogP contribution in [0.2, 0.25) is 0 Å². The number of hydrogen-bond acceptors (Lipinski definition) is 2. The Morgan fingerprint density at radius 2 is 1.90 bits per heavy atom. The maximum absolute atomic E-state index is 12.1. The van der Waals surface area contributed by atoms with Gasteiger partial charge in [0.15, 0.2) is 0 Å². The van der Waals surface area contributed by atoms with Gasteiger partial charge in [0, 0.05) is 15.8 Å². The van der Waals surface area contributed by atoms with Gasteiger partial charge in [-0.3, -0.25) is 4.79 Å². The zero-order chi connectivity index (χ0) is 14.5.